The third kappa shape index (κ3) is 2.97. The Balaban J connectivity index is 2.24. The third-order valence-corrected chi connectivity index (χ3v) is 4.73. The minimum absolute atomic E-state index is 0.154. The van der Waals surface area contributed by atoms with Gasteiger partial charge in [0.05, 0.1) is 20.3 Å². The number of fused-ring (bicyclic) bond motifs is 1. The summed E-state index contributed by atoms with van der Waals surface area (Å²) in [4.78, 5) is 26.1. The van der Waals surface area contributed by atoms with Crippen molar-refractivity contribution in [1.29, 1.82) is 0 Å². The monoisotopic (exact) mass is 377 g/mol. The van der Waals surface area contributed by atoms with Gasteiger partial charge in [-0.3, -0.25) is 9.59 Å². The van der Waals surface area contributed by atoms with E-state index in [4.69, 9.17) is 9.47 Å². The van der Waals surface area contributed by atoms with Crippen molar-refractivity contribution < 1.29 is 33.0 Å². The number of rotatable bonds is 4. The van der Waals surface area contributed by atoms with Gasteiger partial charge in [0.2, 0.25) is 0 Å². The van der Waals surface area contributed by atoms with Crippen molar-refractivity contribution in [3.05, 3.63) is 58.7 Å². The Morgan fingerprint density at radius 2 is 1.70 bits per heavy atom. The fourth-order valence-corrected chi connectivity index (χ4v) is 3.43. The lowest BCUT2D eigenvalue weighted by Gasteiger charge is -2.38. The van der Waals surface area contributed by atoms with Gasteiger partial charge in [-0.05, 0) is 35.4 Å². The van der Waals surface area contributed by atoms with Crippen molar-refractivity contribution in [1.82, 2.24) is 4.90 Å². The number of carbonyl (C=O) groups excluding carboxylic acids is 1. The first-order chi connectivity index (χ1) is 12.8. The zero-order chi connectivity index (χ0) is 19.9. The molecule has 0 saturated carbocycles. The number of halogens is 2. The number of methoxy groups -OCH3 is 2. The molecule has 2 aromatic carbocycles. The molecule has 1 N–H and O–H groups in total. The van der Waals surface area contributed by atoms with Crippen molar-refractivity contribution in [2.45, 2.75) is 12.0 Å². The number of amides is 1. The Hall–Kier alpha value is -3.16. The maximum absolute atomic E-state index is 13.7. The van der Waals surface area contributed by atoms with E-state index in [2.05, 4.69) is 0 Å². The highest BCUT2D eigenvalue weighted by atomic mass is 19.2. The summed E-state index contributed by atoms with van der Waals surface area (Å²) >= 11 is 0. The SMILES string of the molecule is COc1cc2c(cc1OC)C(C(=O)O)C(c1ccc(F)c(F)c1)N(C)C2=O. The molecule has 0 fully saturated rings. The van der Waals surface area contributed by atoms with Crippen LogP contribution < -0.4 is 9.47 Å². The summed E-state index contributed by atoms with van der Waals surface area (Å²) in [5, 5.41) is 9.86. The molecule has 0 aromatic heterocycles. The van der Waals surface area contributed by atoms with Crippen LogP contribution in [0, 0.1) is 11.6 Å². The van der Waals surface area contributed by atoms with E-state index in [-0.39, 0.29) is 28.2 Å². The molecule has 1 aliphatic rings. The van der Waals surface area contributed by atoms with Crippen LogP contribution in [0.3, 0.4) is 0 Å². The smallest absolute Gasteiger partial charge is 0.313 e. The van der Waals surface area contributed by atoms with Crippen LogP contribution in [-0.4, -0.2) is 43.2 Å². The number of ether oxygens (including phenoxy) is 2. The molecule has 1 heterocycles. The average molecular weight is 377 g/mol. The van der Waals surface area contributed by atoms with Gasteiger partial charge in [-0.1, -0.05) is 6.07 Å². The van der Waals surface area contributed by atoms with E-state index in [9.17, 15) is 23.5 Å². The van der Waals surface area contributed by atoms with Gasteiger partial charge in [-0.25, -0.2) is 8.78 Å². The lowest BCUT2D eigenvalue weighted by molar-refractivity contribution is -0.140. The van der Waals surface area contributed by atoms with Gasteiger partial charge < -0.3 is 19.5 Å². The Labute approximate surface area is 153 Å². The Bertz CT molecular complexity index is 931. The fraction of sp³-hybridized carbons (Fsp3) is 0.263. The number of carbonyl (C=O) groups is 2. The number of hydrogen-bond acceptors (Lipinski definition) is 4. The number of aliphatic carboxylic acids is 1. The van der Waals surface area contributed by atoms with Crippen LogP contribution in [0.1, 0.15) is 33.4 Å². The van der Waals surface area contributed by atoms with E-state index in [1.807, 2.05) is 0 Å². The Kier molecular flexibility index (Phi) is 4.73. The molecular formula is C19H17F2NO5. The number of benzene rings is 2. The molecule has 0 aliphatic carbocycles. The van der Waals surface area contributed by atoms with Crippen molar-refractivity contribution >= 4 is 11.9 Å². The van der Waals surface area contributed by atoms with Crippen LogP contribution >= 0.6 is 0 Å². The zero-order valence-electron chi connectivity index (χ0n) is 14.8. The molecule has 2 aromatic rings. The Morgan fingerprint density at radius 1 is 1.07 bits per heavy atom. The molecule has 0 saturated heterocycles. The van der Waals surface area contributed by atoms with Crippen LogP contribution in [0.5, 0.6) is 11.5 Å². The first-order valence-electron chi connectivity index (χ1n) is 8.01. The first kappa shape index (κ1) is 18.6. The fourth-order valence-electron chi connectivity index (χ4n) is 3.43. The lowest BCUT2D eigenvalue weighted by atomic mass is 9.79. The second kappa shape index (κ2) is 6.86. The van der Waals surface area contributed by atoms with Crippen molar-refractivity contribution in [3.63, 3.8) is 0 Å². The average Bonchev–Trinajstić information content (AvgIpc) is 2.65. The third-order valence-electron chi connectivity index (χ3n) is 4.73. The standard InChI is InChI=1S/C19H17F2NO5/c1-22-17(9-4-5-12(20)13(21)6-9)16(19(24)25)10-7-14(26-2)15(27-3)8-11(10)18(22)23/h4-8,16-17H,1-3H3,(H,24,25). The quantitative estimate of drug-likeness (QED) is 0.887. The van der Waals surface area contributed by atoms with Gasteiger partial charge in [-0.15, -0.1) is 0 Å². The number of likely N-dealkylation sites (N-methyl/N-ethyl adjacent to an activating group) is 1. The molecule has 6 nitrogen and oxygen atoms in total. The van der Waals surface area contributed by atoms with E-state index in [1.165, 1.54) is 44.4 Å². The topological polar surface area (TPSA) is 76.1 Å². The zero-order valence-corrected chi connectivity index (χ0v) is 14.8. The van der Waals surface area contributed by atoms with E-state index in [0.717, 1.165) is 12.1 Å². The van der Waals surface area contributed by atoms with Crippen LogP contribution in [0.2, 0.25) is 0 Å². The first-order valence-corrected chi connectivity index (χ1v) is 8.01. The summed E-state index contributed by atoms with van der Waals surface area (Å²) in [6.07, 6.45) is 0. The van der Waals surface area contributed by atoms with Crippen molar-refractivity contribution in [3.8, 4) is 11.5 Å². The number of carboxylic acids is 1. The normalized spacial score (nSPS) is 18.9. The highest BCUT2D eigenvalue weighted by molar-refractivity contribution is 6.01. The van der Waals surface area contributed by atoms with E-state index < -0.39 is 35.5 Å². The summed E-state index contributed by atoms with van der Waals surface area (Å²) in [6.45, 7) is 0. The molecule has 8 heteroatoms. The van der Waals surface area contributed by atoms with Crippen molar-refractivity contribution in [2.24, 2.45) is 0 Å². The minimum atomic E-state index is -1.21. The summed E-state index contributed by atoms with van der Waals surface area (Å²) in [5.74, 6) is -4.49. The van der Waals surface area contributed by atoms with Crippen molar-refractivity contribution in [2.75, 3.05) is 21.3 Å². The molecule has 2 unspecified atom stereocenters. The second-order valence-electron chi connectivity index (χ2n) is 6.14. The summed E-state index contributed by atoms with van der Waals surface area (Å²) in [6, 6.07) is 4.93. The summed E-state index contributed by atoms with van der Waals surface area (Å²) < 4.78 is 37.5. The predicted octanol–water partition coefficient (Wildman–Crippen LogP) is 2.98. The number of nitrogens with zero attached hydrogens (tertiary/aromatic N) is 1. The van der Waals surface area contributed by atoms with E-state index in [0.29, 0.717) is 0 Å². The minimum Gasteiger partial charge on any atom is -0.493 e. The van der Waals surface area contributed by atoms with Gasteiger partial charge in [0, 0.05) is 12.6 Å². The molecule has 0 radical (unpaired) electrons. The van der Waals surface area contributed by atoms with Gasteiger partial charge >= 0.3 is 5.97 Å². The maximum Gasteiger partial charge on any atom is 0.313 e. The molecule has 1 aliphatic heterocycles. The highest BCUT2D eigenvalue weighted by Crippen LogP contribution is 2.45. The predicted molar refractivity (Wildman–Crippen MR) is 91.1 cm³/mol. The van der Waals surface area contributed by atoms with Crippen LogP contribution in [-0.2, 0) is 4.79 Å². The number of carboxylic acid groups (broad SMARTS) is 1. The van der Waals surface area contributed by atoms with Gasteiger partial charge in [0.15, 0.2) is 23.1 Å². The van der Waals surface area contributed by atoms with Gasteiger partial charge in [0.1, 0.15) is 5.92 Å². The highest BCUT2D eigenvalue weighted by Gasteiger charge is 2.43. The second-order valence-corrected chi connectivity index (χ2v) is 6.14. The van der Waals surface area contributed by atoms with Crippen LogP contribution in [0.25, 0.3) is 0 Å². The maximum atomic E-state index is 13.7. The van der Waals surface area contributed by atoms with Crippen LogP contribution in [0.4, 0.5) is 8.78 Å². The molecule has 2 atom stereocenters. The molecule has 1 amide bonds. The molecular weight excluding hydrogens is 360 g/mol. The molecule has 0 spiro atoms. The van der Waals surface area contributed by atoms with Gasteiger partial charge in [-0.2, -0.15) is 0 Å². The Morgan fingerprint density at radius 3 is 2.26 bits per heavy atom. The summed E-state index contributed by atoms with van der Waals surface area (Å²) in [5.41, 5.74) is 0.553. The van der Waals surface area contributed by atoms with E-state index >= 15 is 0 Å². The number of hydrogen-bond donors (Lipinski definition) is 1. The largest absolute Gasteiger partial charge is 0.493 e. The lowest BCUT2D eigenvalue weighted by Crippen LogP contribution is -2.42. The molecule has 142 valence electrons. The summed E-state index contributed by atoms with van der Waals surface area (Å²) in [7, 11) is 4.22. The molecule has 27 heavy (non-hydrogen) atoms. The molecule has 3 rings (SSSR count). The van der Waals surface area contributed by atoms with Crippen LogP contribution in [0.15, 0.2) is 30.3 Å². The van der Waals surface area contributed by atoms with Gasteiger partial charge in [0.25, 0.3) is 5.91 Å². The van der Waals surface area contributed by atoms with E-state index in [1.54, 1.807) is 0 Å². The molecule has 0 bridgehead atoms.